The molecule has 0 aliphatic rings. The van der Waals surface area contributed by atoms with E-state index in [1.54, 1.807) is 0 Å². The van der Waals surface area contributed by atoms with Gasteiger partial charge in [-0.3, -0.25) is 0 Å². The topological polar surface area (TPSA) is 73.8 Å². The number of hydrogen-bond acceptors (Lipinski definition) is 6. The van der Waals surface area contributed by atoms with Crippen molar-refractivity contribution in [1.29, 1.82) is 0 Å². The Morgan fingerprint density at radius 3 is 2.95 bits per heavy atom. The van der Waals surface area contributed by atoms with Crippen LogP contribution in [-0.2, 0) is 6.54 Å². The lowest BCUT2D eigenvalue weighted by atomic mass is 10.3. The molecule has 104 valence electrons. The maximum absolute atomic E-state index is 4.67. The fourth-order valence-corrected chi connectivity index (χ4v) is 3.14. The first-order valence-corrected chi connectivity index (χ1v) is 7.35. The Kier molecular flexibility index (Phi) is 2.81. The minimum atomic E-state index is 0.628. The molecule has 0 radical (unpaired) electrons. The molecule has 4 rings (SSSR count). The third-order valence-corrected chi connectivity index (χ3v) is 4.10. The molecule has 0 unspecified atom stereocenters. The van der Waals surface area contributed by atoms with Crippen molar-refractivity contribution in [3.8, 4) is 0 Å². The van der Waals surface area contributed by atoms with Crippen molar-refractivity contribution < 1.29 is 0 Å². The molecule has 0 N–H and O–H groups in total. The van der Waals surface area contributed by atoms with Crippen LogP contribution in [0.4, 0.5) is 0 Å². The first kappa shape index (κ1) is 12.3. The van der Waals surface area contributed by atoms with E-state index in [4.69, 9.17) is 0 Å². The molecule has 0 spiro atoms. The summed E-state index contributed by atoms with van der Waals surface area (Å²) in [5.41, 5.74) is 2.75. The molecule has 0 amide bonds. The summed E-state index contributed by atoms with van der Waals surface area (Å²) in [4.78, 5) is 4.67. The fourth-order valence-electron chi connectivity index (χ4n) is 2.22. The number of aromatic nitrogens is 7. The van der Waals surface area contributed by atoms with Gasteiger partial charge < -0.3 is 4.57 Å². The Balaban J connectivity index is 1.79. The van der Waals surface area contributed by atoms with E-state index in [0.717, 1.165) is 27.8 Å². The zero-order valence-electron chi connectivity index (χ0n) is 11.2. The average molecular weight is 297 g/mol. The van der Waals surface area contributed by atoms with Gasteiger partial charge in [0.05, 0.1) is 11.0 Å². The summed E-state index contributed by atoms with van der Waals surface area (Å²) in [5.74, 6) is 0. The van der Waals surface area contributed by atoms with Crippen molar-refractivity contribution in [2.75, 3.05) is 0 Å². The van der Waals surface area contributed by atoms with Crippen LogP contribution in [0, 0.1) is 0 Å². The standard InChI is InChI=1S/C13H11N7S/c1-2-19-10-6-4-3-5-9(10)14-13(19)21-12-8-7-11-15-17-18-20(11)16-12/h3-8H,2H2,1H3. The zero-order chi connectivity index (χ0) is 14.2. The largest absolute Gasteiger partial charge is 0.319 e. The lowest BCUT2D eigenvalue weighted by Crippen LogP contribution is -1.98. The van der Waals surface area contributed by atoms with Crippen LogP contribution in [0.25, 0.3) is 16.7 Å². The van der Waals surface area contributed by atoms with Crippen molar-refractivity contribution in [3.05, 3.63) is 36.4 Å². The third-order valence-electron chi connectivity index (χ3n) is 3.18. The van der Waals surface area contributed by atoms with Gasteiger partial charge >= 0.3 is 0 Å². The van der Waals surface area contributed by atoms with E-state index < -0.39 is 0 Å². The highest BCUT2D eigenvalue weighted by molar-refractivity contribution is 7.99. The predicted molar refractivity (Wildman–Crippen MR) is 78.1 cm³/mol. The van der Waals surface area contributed by atoms with Crippen LogP contribution in [0.5, 0.6) is 0 Å². The second kappa shape index (κ2) is 4.81. The number of imidazole rings is 1. The molecule has 21 heavy (non-hydrogen) atoms. The number of tetrazole rings is 1. The molecule has 0 aliphatic carbocycles. The molecule has 3 aromatic heterocycles. The summed E-state index contributed by atoms with van der Waals surface area (Å²) in [6.07, 6.45) is 0. The molecular formula is C13H11N7S. The Hall–Kier alpha value is -2.48. The summed E-state index contributed by atoms with van der Waals surface area (Å²) in [6, 6.07) is 11.9. The van der Waals surface area contributed by atoms with Gasteiger partial charge in [0.15, 0.2) is 10.8 Å². The van der Waals surface area contributed by atoms with Gasteiger partial charge in [0, 0.05) is 6.54 Å². The summed E-state index contributed by atoms with van der Waals surface area (Å²) in [5, 5.41) is 17.3. The molecule has 7 nitrogen and oxygen atoms in total. The predicted octanol–water partition coefficient (Wildman–Crippen LogP) is 2.04. The summed E-state index contributed by atoms with van der Waals surface area (Å²) in [7, 11) is 0. The summed E-state index contributed by atoms with van der Waals surface area (Å²) >= 11 is 1.51. The van der Waals surface area contributed by atoms with Crippen LogP contribution in [0.2, 0.25) is 0 Å². The van der Waals surface area contributed by atoms with Gasteiger partial charge in [0.25, 0.3) is 0 Å². The van der Waals surface area contributed by atoms with Crippen LogP contribution >= 0.6 is 11.8 Å². The molecule has 0 bridgehead atoms. The Morgan fingerprint density at radius 2 is 2.05 bits per heavy atom. The normalized spacial score (nSPS) is 11.5. The quantitative estimate of drug-likeness (QED) is 0.576. The van der Waals surface area contributed by atoms with Crippen LogP contribution in [-0.4, -0.2) is 34.8 Å². The fraction of sp³-hybridized carbons (Fsp3) is 0.154. The number of fused-ring (bicyclic) bond motifs is 2. The van der Waals surface area contributed by atoms with Crippen LogP contribution < -0.4 is 0 Å². The van der Waals surface area contributed by atoms with E-state index in [1.807, 2.05) is 30.3 Å². The lowest BCUT2D eigenvalue weighted by Gasteiger charge is -2.04. The van der Waals surface area contributed by atoms with E-state index in [2.05, 4.69) is 43.2 Å². The lowest BCUT2D eigenvalue weighted by molar-refractivity contribution is 0.689. The second-order valence-corrected chi connectivity index (χ2v) is 5.42. The molecule has 0 saturated carbocycles. The van der Waals surface area contributed by atoms with Gasteiger partial charge in [-0.2, -0.15) is 0 Å². The van der Waals surface area contributed by atoms with Gasteiger partial charge in [-0.15, -0.1) is 14.8 Å². The van der Waals surface area contributed by atoms with Gasteiger partial charge in [0.1, 0.15) is 5.03 Å². The van der Waals surface area contributed by atoms with Crippen molar-refractivity contribution in [1.82, 2.24) is 34.8 Å². The molecule has 1 aromatic carbocycles. The van der Waals surface area contributed by atoms with Gasteiger partial charge in [-0.1, -0.05) is 12.1 Å². The number of aryl methyl sites for hydroxylation is 1. The monoisotopic (exact) mass is 297 g/mol. The minimum absolute atomic E-state index is 0.628. The van der Waals surface area contributed by atoms with E-state index in [-0.39, 0.29) is 0 Å². The Bertz CT molecular complexity index is 926. The number of nitrogens with zero attached hydrogens (tertiary/aromatic N) is 7. The van der Waals surface area contributed by atoms with E-state index in [1.165, 1.54) is 16.4 Å². The SMILES string of the molecule is CCn1c(Sc2ccc3nnnn3n2)nc2ccccc21. The average Bonchev–Trinajstić information content (AvgIpc) is 3.10. The number of benzene rings is 1. The minimum Gasteiger partial charge on any atom is -0.319 e. The Labute approximate surface area is 124 Å². The first-order valence-electron chi connectivity index (χ1n) is 6.53. The molecule has 3 heterocycles. The van der Waals surface area contributed by atoms with E-state index >= 15 is 0 Å². The maximum Gasteiger partial charge on any atom is 0.200 e. The van der Waals surface area contributed by atoms with Gasteiger partial charge in [0.2, 0.25) is 0 Å². The molecule has 0 atom stereocenters. The zero-order valence-corrected chi connectivity index (χ0v) is 12.0. The van der Waals surface area contributed by atoms with Crippen molar-refractivity contribution in [2.24, 2.45) is 0 Å². The highest BCUT2D eigenvalue weighted by Crippen LogP contribution is 2.28. The van der Waals surface area contributed by atoms with Gasteiger partial charge in [-0.05, 0) is 53.4 Å². The van der Waals surface area contributed by atoms with Crippen LogP contribution in [0.3, 0.4) is 0 Å². The second-order valence-electron chi connectivity index (χ2n) is 4.43. The molecule has 8 heteroatoms. The molecule has 0 saturated heterocycles. The van der Waals surface area contributed by atoms with Crippen molar-refractivity contribution in [2.45, 2.75) is 23.7 Å². The van der Waals surface area contributed by atoms with E-state index in [9.17, 15) is 0 Å². The number of para-hydroxylation sites is 2. The molecule has 4 aromatic rings. The van der Waals surface area contributed by atoms with Crippen molar-refractivity contribution >= 4 is 28.4 Å². The van der Waals surface area contributed by atoms with Crippen molar-refractivity contribution in [3.63, 3.8) is 0 Å². The smallest absolute Gasteiger partial charge is 0.200 e. The van der Waals surface area contributed by atoms with Gasteiger partial charge in [-0.25, -0.2) is 4.98 Å². The molecular weight excluding hydrogens is 286 g/mol. The first-order chi connectivity index (χ1) is 10.3. The maximum atomic E-state index is 4.67. The third kappa shape index (κ3) is 2.04. The number of hydrogen-bond donors (Lipinski definition) is 0. The van der Waals surface area contributed by atoms with E-state index in [0.29, 0.717) is 5.65 Å². The highest BCUT2D eigenvalue weighted by atomic mass is 32.2. The number of rotatable bonds is 3. The Morgan fingerprint density at radius 1 is 1.14 bits per heavy atom. The molecule has 0 aliphatic heterocycles. The summed E-state index contributed by atoms with van der Waals surface area (Å²) in [6.45, 7) is 2.96. The van der Waals surface area contributed by atoms with Crippen LogP contribution in [0.1, 0.15) is 6.92 Å². The molecule has 0 fully saturated rings. The highest BCUT2D eigenvalue weighted by Gasteiger charge is 2.12. The summed E-state index contributed by atoms with van der Waals surface area (Å²) < 4.78 is 3.59. The van der Waals surface area contributed by atoms with Crippen LogP contribution in [0.15, 0.2) is 46.6 Å².